The van der Waals surface area contributed by atoms with Gasteiger partial charge in [0.1, 0.15) is 11.5 Å². The Morgan fingerprint density at radius 1 is 1.24 bits per heavy atom. The van der Waals surface area contributed by atoms with E-state index in [1.165, 1.54) is 0 Å². The molecule has 1 fully saturated rings. The maximum atomic E-state index is 13.1. The number of carbonyl (C=O) groups is 1. The monoisotopic (exact) mass is 403 g/mol. The number of hydrogen-bond acceptors (Lipinski definition) is 7. The first-order valence-electron chi connectivity index (χ1n) is 10.3. The van der Waals surface area contributed by atoms with Gasteiger partial charge in [-0.3, -0.25) is 9.69 Å². The van der Waals surface area contributed by atoms with Crippen molar-refractivity contribution in [1.29, 1.82) is 0 Å². The van der Waals surface area contributed by atoms with Crippen LogP contribution in [0, 0.1) is 12.8 Å². The smallest absolute Gasteiger partial charge is 0.191 e. The predicted molar refractivity (Wildman–Crippen MR) is 109 cm³/mol. The normalized spacial score (nSPS) is 16.5. The van der Waals surface area contributed by atoms with Crippen molar-refractivity contribution >= 4 is 5.78 Å². The Labute approximate surface area is 172 Å². The van der Waals surface area contributed by atoms with Gasteiger partial charge in [0.25, 0.3) is 0 Å². The van der Waals surface area contributed by atoms with Crippen LogP contribution in [0.3, 0.4) is 0 Å². The number of likely N-dealkylation sites (N-methyl/N-ethyl adjacent to an activating group) is 1. The molecule has 0 amide bonds. The molecule has 1 saturated heterocycles. The van der Waals surface area contributed by atoms with E-state index in [1.807, 2.05) is 47.7 Å². The first-order chi connectivity index (χ1) is 13.6. The second-order valence-corrected chi connectivity index (χ2v) is 9.14. The number of Topliss-reactive ketones (excluding diaryl/α,β-unsaturated/α-hetero) is 1. The number of ether oxygens (including phenoxy) is 1. The van der Waals surface area contributed by atoms with E-state index >= 15 is 0 Å². The van der Waals surface area contributed by atoms with Crippen molar-refractivity contribution in [3.05, 3.63) is 35.4 Å². The predicted octanol–water partition coefficient (Wildman–Crippen LogP) is 3.55. The van der Waals surface area contributed by atoms with Gasteiger partial charge < -0.3 is 13.7 Å². The Balaban J connectivity index is 1.65. The molecule has 7 heteroatoms. The lowest BCUT2D eigenvalue weighted by Gasteiger charge is -2.37. The summed E-state index contributed by atoms with van der Waals surface area (Å²) in [5.41, 5.74) is -0.339. The molecule has 0 spiro atoms. The Hall–Kier alpha value is -1.99. The SMILES string of the molecule is Cc1ncc(C(C)(C)c2cc(CC(=O)C(C)(C)N(C)CC3CCOCC3)on2)o1. The van der Waals surface area contributed by atoms with Crippen LogP contribution >= 0.6 is 0 Å². The molecule has 2 aromatic heterocycles. The highest BCUT2D eigenvalue weighted by molar-refractivity contribution is 5.89. The summed E-state index contributed by atoms with van der Waals surface area (Å²) in [6.07, 6.45) is 4.03. The molecule has 29 heavy (non-hydrogen) atoms. The van der Waals surface area contributed by atoms with Gasteiger partial charge in [-0.2, -0.15) is 0 Å². The van der Waals surface area contributed by atoms with Crippen LogP contribution in [0.15, 0.2) is 21.2 Å². The molecule has 0 saturated carbocycles. The fourth-order valence-electron chi connectivity index (χ4n) is 3.60. The molecule has 1 aliphatic rings. The number of carbonyl (C=O) groups excluding carboxylic acids is 1. The summed E-state index contributed by atoms with van der Waals surface area (Å²) in [6.45, 7) is 12.3. The van der Waals surface area contributed by atoms with Gasteiger partial charge in [0.15, 0.2) is 11.7 Å². The molecule has 3 rings (SSSR count). The lowest BCUT2D eigenvalue weighted by molar-refractivity contribution is -0.128. The van der Waals surface area contributed by atoms with E-state index in [4.69, 9.17) is 13.7 Å². The molecule has 0 bridgehead atoms. The fourth-order valence-corrected chi connectivity index (χ4v) is 3.60. The van der Waals surface area contributed by atoms with Gasteiger partial charge in [0.05, 0.1) is 29.3 Å². The highest BCUT2D eigenvalue weighted by Crippen LogP contribution is 2.32. The van der Waals surface area contributed by atoms with Crippen molar-refractivity contribution in [3.8, 4) is 0 Å². The maximum absolute atomic E-state index is 13.1. The number of oxazole rings is 1. The van der Waals surface area contributed by atoms with Crippen LogP contribution < -0.4 is 0 Å². The molecule has 160 valence electrons. The zero-order valence-corrected chi connectivity index (χ0v) is 18.4. The Morgan fingerprint density at radius 2 is 1.93 bits per heavy atom. The van der Waals surface area contributed by atoms with Crippen molar-refractivity contribution in [2.24, 2.45) is 5.92 Å². The van der Waals surface area contributed by atoms with Crippen molar-refractivity contribution in [2.75, 3.05) is 26.8 Å². The van der Waals surface area contributed by atoms with Crippen LogP contribution in [0.4, 0.5) is 0 Å². The van der Waals surface area contributed by atoms with Gasteiger partial charge in [0.2, 0.25) is 0 Å². The molecule has 0 unspecified atom stereocenters. The van der Waals surface area contributed by atoms with Crippen molar-refractivity contribution in [3.63, 3.8) is 0 Å². The molecule has 2 aromatic rings. The lowest BCUT2D eigenvalue weighted by Crippen LogP contribution is -2.50. The average molecular weight is 404 g/mol. The number of ketones is 1. The summed E-state index contributed by atoms with van der Waals surface area (Å²) in [5, 5.41) is 4.20. The van der Waals surface area contributed by atoms with Gasteiger partial charge in [-0.05, 0) is 53.5 Å². The van der Waals surface area contributed by atoms with Gasteiger partial charge in [0, 0.05) is 32.7 Å². The van der Waals surface area contributed by atoms with Gasteiger partial charge in [-0.1, -0.05) is 5.16 Å². The minimum Gasteiger partial charge on any atom is -0.445 e. The van der Waals surface area contributed by atoms with E-state index < -0.39 is 11.0 Å². The summed E-state index contributed by atoms with van der Waals surface area (Å²) in [4.78, 5) is 19.4. The summed E-state index contributed by atoms with van der Waals surface area (Å²) < 4.78 is 16.6. The van der Waals surface area contributed by atoms with E-state index in [-0.39, 0.29) is 12.2 Å². The van der Waals surface area contributed by atoms with E-state index in [0.29, 0.717) is 17.6 Å². The van der Waals surface area contributed by atoms with Gasteiger partial charge >= 0.3 is 0 Å². The summed E-state index contributed by atoms with van der Waals surface area (Å²) in [7, 11) is 2.02. The van der Waals surface area contributed by atoms with Crippen molar-refractivity contribution in [2.45, 2.75) is 64.8 Å². The Bertz CT molecular complexity index is 831. The van der Waals surface area contributed by atoms with Crippen LogP contribution in [0.1, 0.15) is 63.6 Å². The van der Waals surface area contributed by atoms with E-state index in [0.717, 1.165) is 44.1 Å². The number of rotatable bonds is 8. The highest BCUT2D eigenvalue weighted by Gasteiger charge is 2.35. The minimum atomic E-state index is -0.581. The lowest BCUT2D eigenvalue weighted by atomic mass is 9.86. The molecule has 7 nitrogen and oxygen atoms in total. The standard InChI is InChI=1S/C22H33N3O4/c1-15-23-13-20(28-15)21(2,3)18-11-17(29-24-18)12-19(26)22(4,5)25(6)14-16-7-9-27-10-8-16/h11,13,16H,7-10,12,14H2,1-6H3. The number of aromatic nitrogens is 2. The molecule has 0 atom stereocenters. The van der Waals surface area contributed by atoms with Crippen LogP contribution in [-0.4, -0.2) is 53.2 Å². The zero-order valence-electron chi connectivity index (χ0n) is 18.4. The first kappa shape index (κ1) is 21.7. The van der Waals surface area contributed by atoms with Gasteiger partial charge in [-0.15, -0.1) is 0 Å². The topological polar surface area (TPSA) is 81.6 Å². The van der Waals surface area contributed by atoms with Crippen molar-refractivity contribution in [1.82, 2.24) is 15.0 Å². The van der Waals surface area contributed by atoms with Crippen LogP contribution in [0.25, 0.3) is 0 Å². The van der Waals surface area contributed by atoms with Gasteiger partial charge in [-0.25, -0.2) is 4.98 Å². The summed E-state index contributed by atoms with van der Waals surface area (Å²) >= 11 is 0. The highest BCUT2D eigenvalue weighted by atomic mass is 16.5. The van der Waals surface area contributed by atoms with E-state index in [2.05, 4.69) is 15.0 Å². The number of hydrogen-bond donors (Lipinski definition) is 0. The van der Waals surface area contributed by atoms with Crippen LogP contribution in [0.5, 0.6) is 0 Å². The third-order valence-electron chi connectivity index (χ3n) is 6.28. The quantitative estimate of drug-likeness (QED) is 0.667. The summed E-state index contributed by atoms with van der Waals surface area (Å²) in [5.74, 6) is 2.59. The van der Waals surface area contributed by atoms with E-state index in [9.17, 15) is 4.79 Å². The largest absolute Gasteiger partial charge is 0.445 e. The Kier molecular flexibility index (Phi) is 6.29. The maximum Gasteiger partial charge on any atom is 0.191 e. The Morgan fingerprint density at radius 3 is 2.55 bits per heavy atom. The average Bonchev–Trinajstić information content (AvgIpc) is 3.32. The second kappa shape index (κ2) is 8.40. The fraction of sp³-hybridized carbons (Fsp3) is 0.682. The molecule has 0 aliphatic carbocycles. The summed E-state index contributed by atoms with van der Waals surface area (Å²) in [6, 6.07) is 1.85. The molecule has 0 aromatic carbocycles. The first-order valence-corrected chi connectivity index (χ1v) is 10.3. The molecule has 0 radical (unpaired) electrons. The third kappa shape index (κ3) is 4.78. The molecule has 1 aliphatic heterocycles. The molecule has 3 heterocycles. The second-order valence-electron chi connectivity index (χ2n) is 9.14. The number of nitrogens with zero attached hydrogens (tertiary/aromatic N) is 3. The van der Waals surface area contributed by atoms with Crippen molar-refractivity contribution < 1.29 is 18.5 Å². The van der Waals surface area contributed by atoms with Crippen LogP contribution in [0.2, 0.25) is 0 Å². The van der Waals surface area contributed by atoms with E-state index in [1.54, 1.807) is 6.20 Å². The third-order valence-corrected chi connectivity index (χ3v) is 6.28. The number of aryl methyl sites for hydroxylation is 1. The minimum absolute atomic E-state index is 0.114. The molecular weight excluding hydrogens is 370 g/mol. The zero-order chi connectivity index (χ0) is 21.2. The molecular formula is C22H33N3O4. The molecule has 0 N–H and O–H groups in total. The van der Waals surface area contributed by atoms with Crippen LogP contribution in [-0.2, 0) is 21.4 Å².